The average Bonchev–Trinajstić information content (AvgIpc) is 1.94. The summed E-state index contributed by atoms with van der Waals surface area (Å²) in [5, 5.41) is 21.5. The SMILES string of the molecule is C[SiH](C)C.C[SiH](C)C.C[SiH](C)C.OB(O)O.OP(O)O. The van der Waals surface area contributed by atoms with Crippen molar-refractivity contribution in [1.29, 1.82) is 0 Å². The second-order valence-electron chi connectivity index (χ2n) is 5.81. The van der Waals surface area contributed by atoms with Crippen molar-refractivity contribution in [3.8, 4) is 0 Å². The van der Waals surface area contributed by atoms with E-state index in [-0.39, 0.29) is 26.4 Å². The number of hydrogen-bond acceptors (Lipinski definition) is 6. The van der Waals surface area contributed by atoms with E-state index in [0.29, 0.717) is 0 Å². The molecule has 0 aromatic rings. The standard InChI is InChI=1S/3C3H10Si.BH3O3.H3O3P/c3*1-4(2)3;2-1(3)4;1-4(2)3/h3*4H,1-3H3;2-4H;1-3H. The van der Waals surface area contributed by atoms with E-state index in [4.69, 9.17) is 29.8 Å². The van der Waals surface area contributed by atoms with Gasteiger partial charge in [-0.1, -0.05) is 58.9 Å². The quantitative estimate of drug-likeness (QED) is 0.273. The molecular formula is C9H36BO6PSi3. The molecule has 0 amide bonds. The molecule has 0 spiro atoms. The van der Waals surface area contributed by atoms with Crippen LogP contribution in [0.15, 0.2) is 0 Å². The predicted molar refractivity (Wildman–Crippen MR) is 100 cm³/mol. The summed E-state index contributed by atoms with van der Waals surface area (Å²) in [6.07, 6.45) is 0. The molecule has 0 aliphatic rings. The molecule has 0 rings (SSSR count). The zero-order chi connectivity index (χ0) is 17.9. The van der Waals surface area contributed by atoms with Gasteiger partial charge in [0, 0.05) is 26.4 Å². The van der Waals surface area contributed by atoms with Gasteiger partial charge in [0.15, 0.2) is 0 Å². The molecule has 20 heavy (non-hydrogen) atoms. The first kappa shape index (κ1) is 32.7. The van der Waals surface area contributed by atoms with Crippen LogP contribution < -0.4 is 0 Å². The van der Waals surface area contributed by atoms with Gasteiger partial charge in [-0.05, 0) is 0 Å². The summed E-state index contributed by atoms with van der Waals surface area (Å²) in [4.78, 5) is 21.7. The summed E-state index contributed by atoms with van der Waals surface area (Å²) in [7, 11) is -5.20. The van der Waals surface area contributed by atoms with Crippen LogP contribution in [0, 0.1) is 0 Å². The minimum absolute atomic E-state index is 0.139. The molecule has 0 saturated carbocycles. The summed E-state index contributed by atoms with van der Waals surface area (Å²) in [6, 6.07) is 0. The van der Waals surface area contributed by atoms with Gasteiger partial charge in [-0.3, -0.25) is 0 Å². The maximum atomic E-state index is 7.23. The van der Waals surface area contributed by atoms with Crippen molar-refractivity contribution in [1.82, 2.24) is 0 Å². The van der Waals surface area contributed by atoms with E-state index in [1.165, 1.54) is 0 Å². The molecule has 11 heteroatoms. The van der Waals surface area contributed by atoms with Gasteiger partial charge in [0.1, 0.15) is 0 Å². The molecular weight excluding hydrogens is 330 g/mol. The van der Waals surface area contributed by atoms with Gasteiger partial charge in [0.2, 0.25) is 0 Å². The molecule has 0 aliphatic heterocycles. The molecule has 0 radical (unpaired) electrons. The molecule has 128 valence electrons. The number of rotatable bonds is 0. The molecule has 0 aliphatic carbocycles. The predicted octanol–water partition coefficient (Wildman–Crippen LogP) is 0.447. The van der Waals surface area contributed by atoms with Crippen LogP contribution in [0.5, 0.6) is 0 Å². The fourth-order valence-corrected chi connectivity index (χ4v) is 0. The fourth-order valence-electron chi connectivity index (χ4n) is 0. The molecule has 6 N–H and O–H groups in total. The Morgan fingerprint density at radius 2 is 0.550 bits per heavy atom. The lowest BCUT2D eigenvalue weighted by atomic mass is 10.3. The van der Waals surface area contributed by atoms with Crippen molar-refractivity contribution >= 4 is 42.3 Å². The fraction of sp³-hybridized carbons (Fsp3) is 1.00. The summed E-state index contributed by atoms with van der Waals surface area (Å²) < 4.78 is 0. The van der Waals surface area contributed by atoms with E-state index in [2.05, 4.69) is 58.9 Å². The monoisotopic (exact) mass is 366 g/mol. The largest absolute Gasteiger partial charge is 0.631 e. The Kier molecular flexibility index (Phi) is 46.0. The van der Waals surface area contributed by atoms with Crippen LogP contribution >= 0.6 is 8.60 Å². The van der Waals surface area contributed by atoms with Gasteiger partial charge in [0.05, 0.1) is 0 Å². The second kappa shape index (κ2) is 28.1. The van der Waals surface area contributed by atoms with Crippen LogP contribution in [0.1, 0.15) is 0 Å². The number of hydrogen-bond donors (Lipinski definition) is 6. The zero-order valence-corrected chi connectivity index (χ0v) is 18.8. The van der Waals surface area contributed by atoms with Gasteiger partial charge in [0.25, 0.3) is 0 Å². The van der Waals surface area contributed by atoms with Gasteiger partial charge >= 0.3 is 15.9 Å². The van der Waals surface area contributed by atoms with Crippen LogP contribution in [0.4, 0.5) is 0 Å². The van der Waals surface area contributed by atoms with E-state index in [1.54, 1.807) is 0 Å². The van der Waals surface area contributed by atoms with Crippen LogP contribution in [-0.2, 0) is 0 Å². The molecule has 0 saturated heterocycles. The first-order valence-corrected chi connectivity index (χ1v) is 18.2. The Hall–Kier alpha value is 0.906. The van der Waals surface area contributed by atoms with Crippen molar-refractivity contribution in [2.45, 2.75) is 58.9 Å². The maximum absolute atomic E-state index is 7.23. The second-order valence-corrected chi connectivity index (χ2v) is 16.7. The molecule has 0 bridgehead atoms. The van der Waals surface area contributed by atoms with Gasteiger partial charge in [-0.15, -0.1) is 0 Å². The van der Waals surface area contributed by atoms with E-state index in [0.717, 1.165) is 0 Å². The zero-order valence-electron chi connectivity index (χ0n) is 14.4. The minimum atomic E-state index is -2.62. The Labute approximate surface area is 131 Å². The smallest absolute Gasteiger partial charge is 0.402 e. The van der Waals surface area contributed by atoms with Crippen LogP contribution in [0.25, 0.3) is 0 Å². The van der Waals surface area contributed by atoms with E-state index >= 15 is 0 Å². The van der Waals surface area contributed by atoms with Crippen molar-refractivity contribution in [2.75, 3.05) is 0 Å². The molecule has 0 atom stereocenters. The van der Waals surface area contributed by atoms with E-state index in [1.807, 2.05) is 0 Å². The van der Waals surface area contributed by atoms with Crippen LogP contribution in [-0.4, -0.2) is 63.5 Å². The first-order valence-electron chi connectivity index (χ1n) is 6.57. The Bertz CT molecular complexity index is 96.2. The normalized spacial score (nSPS) is 8.55. The average molecular weight is 366 g/mol. The summed E-state index contributed by atoms with van der Waals surface area (Å²) >= 11 is 0. The van der Waals surface area contributed by atoms with Gasteiger partial charge < -0.3 is 29.8 Å². The molecule has 6 nitrogen and oxygen atoms in total. The summed E-state index contributed by atoms with van der Waals surface area (Å²) in [6.45, 7) is 20.8. The highest BCUT2D eigenvalue weighted by atomic mass is 31.2. The highest BCUT2D eigenvalue weighted by Gasteiger charge is 1.92. The third-order valence-corrected chi connectivity index (χ3v) is 0. The van der Waals surface area contributed by atoms with Crippen molar-refractivity contribution in [3.63, 3.8) is 0 Å². The molecule has 0 unspecified atom stereocenters. The minimum Gasteiger partial charge on any atom is -0.402 e. The lowest BCUT2D eigenvalue weighted by Crippen LogP contribution is -2.07. The third kappa shape index (κ3) is 7390. The van der Waals surface area contributed by atoms with Gasteiger partial charge in [-0.25, -0.2) is 0 Å². The van der Waals surface area contributed by atoms with Crippen molar-refractivity contribution in [2.24, 2.45) is 0 Å². The Balaban J connectivity index is -0.0000000469. The molecule has 0 aromatic carbocycles. The highest BCUT2D eigenvalue weighted by molar-refractivity contribution is 7.38. The molecule has 0 fully saturated rings. The van der Waals surface area contributed by atoms with Gasteiger partial charge in [-0.2, -0.15) is 0 Å². The summed E-state index contributed by atoms with van der Waals surface area (Å²) in [5.74, 6) is 0. The van der Waals surface area contributed by atoms with Crippen LogP contribution in [0.2, 0.25) is 58.9 Å². The van der Waals surface area contributed by atoms with Crippen molar-refractivity contribution < 1.29 is 29.8 Å². The highest BCUT2D eigenvalue weighted by Crippen LogP contribution is 2.11. The molecule has 0 heterocycles. The topological polar surface area (TPSA) is 121 Å². The molecule has 0 aromatic heterocycles. The van der Waals surface area contributed by atoms with E-state index in [9.17, 15) is 0 Å². The Morgan fingerprint density at radius 1 is 0.550 bits per heavy atom. The summed E-state index contributed by atoms with van der Waals surface area (Å²) in [5.41, 5.74) is 0. The lowest BCUT2D eigenvalue weighted by Gasteiger charge is -1.76. The van der Waals surface area contributed by atoms with Crippen molar-refractivity contribution in [3.05, 3.63) is 0 Å². The Morgan fingerprint density at radius 3 is 0.550 bits per heavy atom. The first-order chi connectivity index (χ1) is 8.66. The maximum Gasteiger partial charge on any atom is 0.631 e. The lowest BCUT2D eigenvalue weighted by molar-refractivity contribution is 0.278. The third-order valence-electron chi connectivity index (χ3n) is 0. The van der Waals surface area contributed by atoms with E-state index < -0.39 is 15.9 Å². The van der Waals surface area contributed by atoms with Crippen LogP contribution in [0.3, 0.4) is 0 Å².